The maximum Gasteiger partial charge on any atom is 0.378 e. The van der Waals surface area contributed by atoms with E-state index < -0.39 is 11.9 Å². The van der Waals surface area contributed by atoms with Crippen LogP contribution in [-0.4, -0.2) is 11.9 Å². The van der Waals surface area contributed by atoms with E-state index in [9.17, 15) is 9.59 Å². The number of benzene rings is 4. The fourth-order valence-electron chi connectivity index (χ4n) is 2.98. The number of hydrogen-bond donors (Lipinski definition) is 0. The molecule has 0 aliphatic heterocycles. The molecule has 4 rings (SSSR count). The topological polar surface area (TPSA) is 61.8 Å². The summed E-state index contributed by atoms with van der Waals surface area (Å²) >= 11 is 0. The number of fused-ring (bicyclic) bond motifs is 2. The highest BCUT2D eigenvalue weighted by atomic mass is 17.5. The van der Waals surface area contributed by atoms with E-state index in [1.807, 2.05) is 48.5 Å². The zero-order chi connectivity index (χ0) is 18.6. The summed E-state index contributed by atoms with van der Waals surface area (Å²) in [6.45, 7) is 0. The Labute approximate surface area is 154 Å². The Morgan fingerprint density at radius 3 is 1.41 bits per heavy atom. The van der Waals surface area contributed by atoms with Crippen LogP contribution in [0.1, 0.15) is 20.7 Å². The summed E-state index contributed by atoms with van der Waals surface area (Å²) in [5.74, 6) is -1.50. The Kier molecular flexibility index (Phi) is 4.51. The van der Waals surface area contributed by atoms with Crippen LogP contribution in [0.15, 0.2) is 84.9 Å². The van der Waals surface area contributed by atoms with Crippen LogP contribution >= 0.6 is 0 Å². The predicted molar refractivity (Wildman–Crippen MR) is 99.8 cm³/mol. The van der Waals surface area contributed by atoms with Gasteiger partial charge in [0.1, 0.15) is 0 Å². The van der Waals surface area contributed by atoms with Gasteiger partial charge in [-0.05, 0) is 33.7 Å². The zero-order valence-electron chi connectivity index (χ0n) is 14.1. The Morgan fingerprint density at radius 2 is 0.926 bits per heavy atom. The fraction of sp³-hybridized carbons (Fsp3) is 0. The Morgan fingerprint density at radius 1 is 0.519 bits per heavy atom. The number of carbonyl (C=O) groups is 2. The molecule has 0 saturated heterocycles. The zero-order valence-corrected chi connectivity index (χ0v) is 14.1. The molecule has 4 aromatic rings. The molecular weight excluding hydrogens is 344 g/mol. The van der Waals surface area contributed by atoms with E-state index in [2.05, 4.69) is 14.8 Å². The third kappa shape index (κ3) is 3.36. The van der Waals surface area contributed by atoms with Crippen molar-refractivity contribution in [3.63, 3.8) is 0 Å². The van der Waals surface area contributed by atoms with Gasteiger partial charge in [0.2, 0.25) is 0 Å². The third-order valence-corrected chi connectivity index (χ3v) is 4.24. The molecule has 0 atom stereocenters. The molecule has 0 unspecified atom stereocenters. The van der Waals surface area contributed by atoms with Gasteiger partial charge < -0.3 is 0 Å². The highest BCUT2D eigenvalue weighted by molar-refractivity contribution is 6.05. The molecule has 0 aliphatic carbocycles. The SMILES string of the molecule is O=C(OOOC(=O)c1cccc2ccccc12)c1cccc2ccccc12. The second-order valence-corrected chi connectivity index (χ2v) is 5.86. The third-order valence-electron chi connectivity index (χ3n) is 4.24. The average Bonchev–Trinajstić information content (AvgIpc) is 2.72. The molecule has 5 heteroatoms. The molecule has 0 fully saturated rings. The molecule has 5 nitrogen and oxygen atoms in total. The summed E-state index contributed by atoms with van der Waals surface area (Å²) in [6, 6.07) is 25.2. The van der Waals surface area contributed by atoms with E-state index >= 15 is 0 Å². The van der Waals surface area contributed by atoms with Crippen LogP contribution < -0.4 is 0 Å². The van der Waals surface area contributed by atoms with Crippen LogP contribution in [0.3, 0.4) is 0 Å². The first-order valence-electron chi connectivity index (χ1n) is 8.29. The van der Waals surface area contributed by atoms with Crippen LogP contribution in [-0.2, 0) is 14.8 Å². The summed E-state index contributed by atoms with van der Waals surface area (Å²) in [6.07, 6.45) is 0. The van der Waals surface area contributed by atoms with Crippen LogP contribution in [0.5, 0.6) is 0 Å². The van der Waals surface area contributed by atoms with Crippen molar-refractivity contribution < 1.29 is 24.4 Å². The van der Waals surface area contributed by atoms with Crippen LogP contribution in [0.25, 0.3) is 21.5 Å². The van der Waals surface area contributed by atoms with E-state index in [0.29, 0.717) is 21.9 Å². The maximum absolute atomic E-state index is 12.3. The fourth-order valence-corrected chi connectivity index (χ4v) is 2.98. The lowest BCUT2D eigenvalue weighted by atomic mass is 10.1. The summed E-state index contributed by atoms with van der Waals surface area (Å²) in [7, 11) is 0. The molecule has 0 amide bonds. The van der Waals surface area contributed by atoms with Crippen molar-refractivity contribution in [2.45, 2.75) is 0 Å². The summed E-state index contributed by atoms with van der Waals surface area (Å²) in [4.78, 5) is 33.8. The molecular formula is C22H14O5. The van der Waals surface area contributed by atoms with Crippen LogP contribution in [0.4, 0.5) is 0 Å². The maximum atomic E-state index is 12.3. The molecule has 0 aliphatic rings. The average molecular weight is 358 g/mol. The van der Waals surface area contributed by atoms with Crippen molar-refractivity contribution in [2.24, 2.45) is 0 Å². The molecule has 0 aromatic heterocycles. The van der Waals surface area contributed by atoms with Gasteiger partial charge in [-0.1, -0.05) is 72.8 Å². The second kappa shape index (κ2) is 7.27. The summed E-state index contributed by atoms with van der Waals surface area (Å²) < 4.78 is 0. The second-order valence-electron chi connectivity index (χ2n) is 5.86. The van der Waals surface area contributed by atoms with Crippen LogP contribution in [0, 0.1) is 0 Å². The van der Waals surface area contributed by atoms with E-state index in [1.54, 1.807) is 36.4 Å². The van der Waals surface area contributed by atoms with E-state index in [4.69, 9.17) is 0 Å². The van der Waals surface area contributed by atoms with Gasteiger partial charge in [-0.25, -0.2) is 9.59 Å². The Balaban J connectivity index is 1.46. The monoisotopic (exact) mass is 358 g/mol. The van der Waals surface area contributed by atoms with Gasteiger partial charge in [0.05, 0.1) is 11.1 Å². The Bertz CT molecular complexity index is 1050. The number of hydrogen-bond acceptors (Lipinski definition) is 5. The molecule has 0 saturated carbocycles. The molecule has 4 aromatic carbocycles. The molecule has 0 heterocycles. The minimum absolute atomic E-state index is 0.314. The van der Waals surface area contributed by atoms with Gasteiger partial charge in [-0.2, -0.15) is 0 Å². The first-order chi connectivity index (χ1) is 13.2. The normalized spacial score (nSPS) is 10.7. The molecule has 0 radical (unpaired) electrons. The van der Waals surface area contributed by atoms with E-state index in [0.717, 1.165) is 10.8 Å². The number of rotatable bonds is 4. The predicted octanol–water partition coefficient (Wildman–Crippen LogP) is 4.85. The van der Waals surface area contributed by atoms with E-state index in [1.165, 1.54) is 0 Å². The number of carbonyl (C=O) groups excluding carboxylic acids is 2. The Hall–Kier alpha value is -3.70. The smallest absolute Gasteiger partial charge is 0.254 e. The highest BCUT2D eigenvalue weighted by Gasteiger charge is 2.16. The largest absolute Gasteiger partial charge is 0.378 e. The standard InChI is InChI=1S/C22H14O5/c23-21(19-13-5-9-15-7-1-3-11-17(15)19)25-27-26-22(24)20-14-6-10-16-8-2-4-12-18(16)20/h1-14H. The molecule has 27 heavy (non-hydrogen) atoms. The minimum atomic E-state index is -0.752. The summed E-state index contributed by atoms with van der Waals surface area (Å²) in [5, 5.41) is 7.68. The lowest BCUT2D eigenvalue weighted by molar-refractivity contribution is -0.446. The van der Waals surface area contributed by atoms with Gasteiger partial charge in [0, 0.05) is 5.04 Å². The summed E-state index contributed by atoms with van der Waals surface area (Å²) in [5.41, 5.74) is 0.628. The molecule has 0 N–H and O–H groups in total. The minimum Gasteiger partial charge on any atom is -0.254 e. The van der Waals surface area contributed by atoms with Gasteiger partial charge in [0.15, 0.2) is 0 Å². The van der Waals surface area contributed by atoms with Crippen molar-refractivity contribution in [1.82, 2.24) is 0 Å². The van der Waals surface area contributed by atoms with Crippen molar-refractivity contribution in [1.29, 1.82) is 0 Å². The quantitative estimate of drug-likeness (QED) is 0.385. The van der Waals surface area contributed by atoms with Crippen molar-refractivity contribution >= 4 is 33.5 Å². The van der Waals surface area contributed by atoms with Crippen LogP contribution in [0.2, 0.25) is 0 Å². The van der Waals surface area contributed by atoms with Crippen molar-refractivity contribution in [3.8, 4) is 0 Å². The first-order valence-corrected chi connectivity index (χ1v) is 8.29. The van der Waals surface area contributed by atoms with Crippen molar-refractivity contribution in [3.05, 3.63) is 96.1 Å². The first kappa shape index (κ1) is 16.8. The highest BCUT2D eigenvalue weighted by Crippen LogP contribution is 2.21. The van der Waals surface area contributed by atoms with E-state index in [-0.39, 0.29) is 0 Å². The molecule has 132 valence electrons. The lowest BCUT2D eigenvalue weighted by Gasteiger charge is -2.06. The molecule has 0 bridgehead atoms. The van der Waals surface area contributed by atoms with Gasteiger partial charge >= 0.3 is 11.9 Å². The van der Waals surface area contributed by atoms with Gasteiger partial charge in [-0.3, -0.25) is 9.78 Å². The van der Waals surface area contributed by atoms with Crippen molar-refractivity contribution in [2.75, 3.05) is 0 Å². The molecule has 0 spiro atoms. The van der Waals surface area contributed by atoms with Gasteiger partial charge in [-0.15, -0.1) is 0 Å². The van der Waals surface area contributed by atoms with Gasteiger partial charge in [0.25, 0.3) is 0 Å². The lowest BCUT2D eigenvalue weighted by Crippen LogP contribution is -2.11.